The van der Waals surface area contributed by atoms with Crippen LogP contribution in [-0.2, 0) is 4.79 Å². The highest BCUT2D eigenvalue weighted by atomic mass is 16.5. The van der Waals surface area contributed by atoms with E-state index in [1.807, 2.05) is 54.6 Å². The van der Waals surface area contributed by atoms with Crippen LogP contribution in [0, 0.1) is 0 Å². The molecule has 0 fully saturated rings. The molecule has 0 bridgehead atoms. The van der Waals surface area contributed by atoms with Gasteiger partial charge >= 0.3 is 5.97 Å². The molecular formula is C16H15NO3. The number of hydrogen-bond acceptors (Lipinski definition) is 3. The highest BCUT2D eigenvalue weighted by molar-refractivity contribution is 5.79. The van der Waals surface area contributed by atoms with E-state index in [0.717, 1.165) is 17.5 Å². The number of para-hydroxylation sites is 1. The summed E-state index contributed by atoms with van der Waals surface area (Å²) in [7, 11) is 0. The van der Waals surface area contributed by atoms with Gasteiger partial charge in [0, 0.05) is 17.5 Å². The van der Waals surface area contributed by atoms with E-state index in [1.165, 1.54) is 6.08 Å². The molecule has 0 atom stereocenters. The van der Waals surface area contributed by atoms with Crippen LogP contribution < -0.4 is 10.1 Å². The Hall–Kier alpha value is -2.75. The van der Waals surface area contributed by atoms with Gasteiger partial charge < -0.3 is 15.2 Å². The summed E-state index contributed by atoms with van der Waals surface area (Å²) in [6.07, 6.45) is 2.52. The lowest BCUT2D eigenvalue weighted by molar-refractivity contribution is -0.131. The molecule has 0 aliphatic carbocycles. The summed E-state index contributed by atoms with van der Waals surface area (Å²) in [6.45, 7) is 0.234. The number of hydrogen-bond donors (Lipinski definition) is 2. The highest BCUT2D eigenvalue weighted by Gasteiger charge is 1.96. The summed E-state index contributed by atoms with van der Waals surface area (Å²) in [5, 5.41) is 11.7. The number of aliphatic carboxylic acids is 1. The van der Waals surface area contributed by atoms with Gasteiger partial charge in [0.2, 0.25) is 0 Å². The minimum Gasteiger partial charge on any atom is -0.490 e. The lowest BCUT2D eigenvalue weighted by atomic mass is 10.2. The summed E-state index contributed by atoms with van der Waals surface area (Å²) in [4.78, 5) is 10.3. The van der Waals surface area contributed by atoms with Crippen molar-refractivity contribution in [2.75, 3.05) is 11.9 Å². The number of rotatable bonds is 6. The molecule has 0 saturated carbocycles. The summed E-state index contributed by atoms with van der Waals surface area (Å²) in [6, 6.07) is 17.4. The normalized spacial score (nSPS) is 10.4. The number of ether oxygens (including phenoxy) is 1. The van der Waals surface area contributed by atoms with E-state index in [4.69, 9.17) is 9.84 Å². The third-order valence-corrected chi connectivity index (χ3v) is 2.52. The second kappa shape index (κ2) is 6.99. The maximum absolute atomic E-state index is 10.3. The molecule has 2 rings (SSSR count). The second-order valence-electron chi connectivity index (χ2n) is 4.07. The zero-order valence-corrected chi connectivity index (χ0v) is 10.8. The minimum absolute atomic E-state index is 0.234. The third kappa shape index (κ3) is 4.49. The molecule has 2 N–H and O–H groups in total. The van der Waals surface area contributed by atoms with Crippen LogP contribution in [0.15, 0.2) is 66.7 Å². The lowest BCUT2D eigenvalue weighted by Gasteiger charge is -2.07. The predicted octanol–water partition coefficient (Wildman–Crippen LogP) is 3.45. The molecule has 0 spiro atoms. The Bertz CT molecular complexity index is 576. The topological polar surface area (TPSA) is 58.6 Å². The molecule has 0 unspecified atom stereocenters. The molecule has 4 nitrogen and oxygen atoms in total. The average molecular weight is 269 g/mol. The third-order valence-electron chi connectivity index (χ3n) is 2.52. The van der Waals surface area contributed by atoms with Gasteiger partial charge in [-0.3, -0.25) is 0 Å². The quantitative estimate of drug-likeness (QED) is 0.788. The Morgan fingerprint density at radius 2 is 1.70 bits per heavy atom. The van der Waals surface area contributed by atoms with Crippen LogP contribution in [0.3, 0.4) is 0 Å². The van der Waals surface area contributed by atoms with Gasteiger partial charge in [-0.25, -0.2) is 4.79 Å². The van der Waals surface area contributed by atoms with Crippen LogP contribution in [0.1, 0.15) is 0 Å². The van der Waals surface area contributed by atoms with E-state index >= 15 is 0 Å². The van der Waals surface area contributed by atoms with Gasteiger partial charge in [-0.15, -0.1) is 0 Å². The first-order valence-corrected chi connectivity index (χ1v) is 6.18. The van der Waals surface area contributed by atoms with Crippen molar-refractivity contribution < 1.29 is 14.6 Å². The van der Waals surface area contributed by atoms with Gasteiger partial charge in [-0.2, -0.15) is 0 Å². The van der Waals surface area contributed by atoms with E-state index in [9.17, 15) is 4.79 Å². The number of anilines is 2. The Morgan fingerprint density at radius 3 is 2.35 bits per heavy atom. The number of carboxylic acids is 1. The van der Waals surface area contributed by atoms with Crippen molar-refractivity contribution in [1.82, 2.24) is 0 Å². The Labute approximate surface area is 117 Å². The lowest BCUT2D eigenvalue weighted by Crippen LogP contribution is -1.96. The molecule has 102 valence electrons. The van der Waals surface area contributed by atoms with Gasteiger partial charge in [0.25, 0.3) is 0 Å². The molecule has 0 aliphatic heterocycles. The van der Waals surface area contributed by atoms with E-state index in [0.29, 0.717) is 5.75 Å². The fourth-order valence-corrected chi connectivity index (χ4v) is 1.62. The Morgan fingerprint density at radius 1 is 1.05 bits per heavy atom. The standard InChI is InChI=1S/C16H15NO3/c18-16(19)7-4-12-20-15-10-8-14(9-11-15)17-13-5-2-1-3-6-13/h1-11,17H,12H2,(H,18,19)/b7-4+. The van der Waals surface area contributed by atoms with Crippen molar-refractivity contribution in [3.63, 3.8) is 0 Å². The van der Waals surface area contributed by atoms with Gasteiger partial charge in [0.15, 0.2) is 0 Å². The largest absolute Gasteiger partial charge is 0.490 e. The van der Waals surface area contributed by atoms with Gasteiger partial charge in [0.1, 0.15) is 12.4 Å². The Balaban J connectivity index is 1.88. The van der Waals surface area contributed by atoms with Gasteiger partial charge in [-0.1, -0.05) is 18.2 Å². The van der Waals surface area contributed by atoms with Crippen LogP contribution >= 0.6 is 0 Å². The first kappa shape index (κ1) is 13.7. The maximum atomic E-state index is 10.3. The van der Waals surface area contributed by atoms with E-state index in [2.05, 4.69) is 5.32 Å². The van der Waals surface area contributed by atoms with Crippen molar-refractivity contribution in [3.8, 4) is 5.75 Å². The molecule has 4 heteroatoms. The predicted molar refractivity (Wildman–Crippen MR) is 78.4 cm³/mol. The molecule has 20 heavy (non-hydrogen) atoms. The summed E-state index contributed by atoms with van der Waals surface area (Å²) in [5.74, 6) is -0.283. The van der Waals surface area contributed by atoms with Crippen LogP contribution in [0.4, 0.5) is 11.4 Å². The van der Waals surface area contributed by atoms with Crippen LogP contribution in [-0.4, -0.2) is 17.7 Å². The summed E-state index contributed by atoms with van der Waals surface area (Å²) >= 11 is 0. The molecule has 0 heterocycles. The fourth-order valence-electron chi connectivity index (χ4n) is 1.62. The van der Waals surface area contributed by atoms with Crippen LogP contribution in [0.2, 0.25) is 0 Å². The molecule has 0 radical (unpaired) electrons. The van der Waals surface area contributed by atoms with Crippen LogP contribution in [0.25, 0.3) is 0 Å². The van der Waals surface area contributed by atoms with E-state index in [-0.39, 0.29) is 6.61 Å². The number of carboxylic acid groups (broad SMARTS) is 1. The molecule has 0 aromatic heterocycles. The number of nitrogens with one attached hydrogen (secondary N) is 1. The molecular weight excluding hydrogens is 254 g/mol. The zero-order valence-electron chi connectivity index (χ0n) is 10.8. The molecule has 2 aromatic rings. The van der Waals surface area contributed by atoms with Crippen molar-refractivity contribution >= 4 is 17.3 Å². The monoisotopic (exact) mass is 269 g/mol. The first-order chi connectivity index (χ1) is 9.74. The van der Waals surface area contributed by atoms with Gasteiger partial charge in [0.05, 0.1) is 0 Å². The SMILES string of the molecule is O=C(O)/C=C/COc1ccc(Nc2ccccc2)cc1. The van der Waals surface area contributed by atoms with Gasteiger partial charge in [-0.05, 0) is 42.5 Å². The number of carbonyl (C=O) groups is 1. The first-order valence-electron chi connectivity index (χ1n) is 6.18. The van der Waals surface area contributed by atoms with Crippen LogP contribution in [0.5, 0.6) is 5.75 Å². The molecule has 0 aliphatic rings. The smallest absolute Gasteiger partial charge is 0.328 e. The second-order valence-corrected chi connectivity index (χ2v) is 4.07. The summed E-state index contributed by atoms with van der Waals surface area (Å²) < 4.78 is 5.38. The Kier molecular flexibility index (Phi) is 4.78. The van der Waals surface area contributed by atoms with Crippen molar-refractivity contribution in [2.45, 2.75) is 0 Å². The van der Waals surface area contributed by atoms with Crippen molar-refractivity contribution in [3.05, 3.63) is 66.7 Å². The number of benzene rings is 2. The van der Waals surface area contributed by atoms with E-state index < -0.39 is 5.97 Å². The molecule has 0 amide bonds. The average Bonchev–Trinajstić information content (AvgIpc) is 2.46. The fraction of sp³-hybridized carbons (Fsp3) is 0.0625. The maximum Gasteiger partial charge on any atom is 0.328 e. The minimum atomic E-state index is -0.976. The zero-order chi connectivity index (χ0) is 14.2. The highest BCUT2D eigenvalue weighted by Crippen LogP contribution is 2.19. The van der Waals surface area contributed by atoms with Crippen molar-refractivity contribution in [1.29, 1.82) is 0 Å². The molecule has 2 aromatic carbocycles. The van der Waals surface area contributed by atoms with E-state index in [1.54, 1.807) is 0 Å². The van der Waals surface area contributed by atoms with Crippen molar-refractivity contribution in [2.24, 2.45) is 0 Å². The summed E-state index contributed by atoms with van der Waals surface area (Å²) in [5.41, 5.74) is 1.98. The molecule has 0 saturated heterocycles.